The van der Waals surface area contributed by atoms with Gasteiger partial charge in [0.2, 0.25) is 23.3 Å². The fourth-order valence-electron chi connectivity index (χ4n) is 8.28. The molecule has 0 radical (unpaired) electrons. The van der Waals surface area contributed by atoms with E-state index in [1.54, 1.807) is 11.8 Å². The summed E-state index contributed by atoms with van der Waals surface area (Å²) in [6.07, 6.45) is 8.00. The van der Waals surface area contributed by atoms with Gasteiger partial charge in [-0.05, 0) is 50.9 Å². The van der Waals surface area contributed by atoms with E-state index in [4.69, 9.17) is 4.74 Å². The Balaban J connectivity index is 1.26. The predicted molar refractivity (Wildman–Crippen MR) is 174 cm³/mol. The largest absolute Gasteiger partial charge is 0.567 e. The number of ether oxygens (including phenoxy) is 1. The van der Waals surface area contributed by atoms with Gasteiger partial charge in [0.25, 0.3) is 18.0 Å². The lowest BCUT2D eigenvalue weighted by Crippen LogP contribution is -2.65. The van der Waals surface area contributed by atoms with Gasteiger partial charge in [-0.2, -0.15) is 4.79 Å². The SMILES string of the molecule is CCC[C@H](NC(=O)[C@@H]1[C@H]2CCC[C@H]2CN1C(=O)[C@H](C(C)(C)C)[N+]12CC1O[C@H](C)C(C#[N+]C(=O)c1cnccn1)C2=O)C(=O)C(=O)NC1CC1. The van der Waals surface area contributed by atoms with Crippen LogP contribution in [0, 0.1) is 29.2 Å². The van der Waals surface area contributed by atoms with Crippen LogP contribution in [0.1, 0.15) is 90.1 Å². The first-order chi connectivity index (χ1) is 23.3. The Hall–Kier alpha value is -4.09. The molecule has 3 aliphatic heterocycles. The van der Waals surface area contributed by atoms with Gasteiger partial charge in [-0.3, -0.25) is 24.2 Å². The van der Waals surface area contributed by atoms with Gasteiger partial charge in [0.1, 0.15) is 6.04 Å². The first-order valence-corrected chi connectivity index (χ1v) is 17.6. The quantitative estimate of drug-likeness (QED) is 0.213. The monoisotopic (exact) mass is 677 g/mol. The number of aromatic nitrogens is 2. The van der Waals surface area contributed by atoms with Crippen LogP contribution in [0.4, 0.5) is 0 Å². The molecule has 49 heavy (non-hydrogen) atoms. The van der Waals surface area contributed by atoms with Crippen molar-refractivity contribution in [3.8, 4) is 6.07 Å². The predicted octanol–water partition coefficient (Wildman–Crippen LogP) is 1.84. The highest BCUT2D eigenvalue weighted by Gasteiger charge is 2.76. The molecule has 6 rings (SSSR count). The molecule has 14 heteroatoms. The van der Waals surface area contributed by atoms with Crippen molar-refractivity contribution in [1.29, 1.82) is 0 Å². The average Bonchev–Trinajstić information content (AvgIpc) is 3.91. The first-order valence-electron chi connectivity index (χ1n) is 17.6. The summed E-state index contributed by atoms with van der Waals surface area (Å²) in [4.78, 5) is 95.3. The van der Waals surface area contributed by atoms with E-state index in [2.05, 4.69) is 31.5 Å². The van der Waals surface area contributed by atoms with E-state index in [1.165, 1.54) is 18.6 Å². The van der Waals surface area contributed by atoms with Crippen LogP contribution in [-0.4, -0.2) is 104 Å². The van der Waals surface area contributed by atoms with Crippen molar-refractivity contribution >= 4 is 35.3 Å². The highest BCUT2D eigenvalue weighted by Crippen LogP contribution is 2.51. The molecule has 2 N–H and O–H groups in total. The molecule has 5 aliphatic rings. The summed E-state index contributed by atoms with van der Waals surface area (Å²) in [7, 11) is 0. The Labute approximate surface area is 286 Å². The number of fused-ring (bicyclic) bond motifs is 2. The van der Waals surface area contributed by atoms with Crippen LogP contribution in [0.25, 0.3) is 4.85 Å². The second-order valence-corrected chi connectivity index (χ2v) is 15.4. The van der Waals surface area contributed by atoms with Gasteiger partial charge in [0.15, 0.2) is 12.6 Å². The van der Waals surface area contributed by atoms with Gasteiger partial charge in [0.05, 0.1) is 18.3 Å². The lowest BCUT2D eigenvalue weighted by Gasteiger charge is -2.41. The molecule has 0 bridgehead atoms. The fourth-order valence-corrected chi connectivity index (χ4v) is 8.28. The number of likely N-dealkylation sites (tertiary alicyclic amines) is 1. The molecule has 5 amide bonds. The lowest BCUT2D eigenvalue weighted by molar-refractivity contribution is -0.787. The van der Waals surface area contributed by atoms with Crippen molar-refractivity contribution in [1.82, 2.24) is 25.5 Å². The van der Waals surface area contributed by atoms with Crippen LogP contribution < -0.4 is 10.6 Å². The van der Waals surface area contributed by atoms with E-state index in [0.29, 0.717) is 19.4 Å². The molecule has 2 saturated carbocycles. The van der Waals surface area contributed by atoms with Gasteiger partial charge >= 0.3 is 17.9 Å². The maximum absolute atomic E-state index is 14.9. The van der Waals surface area contributed by atoms with Crippen LogP contribution in [-0.2, 0) is 28.7 Å². The normalized spacial score (nSPS) is 31.4. The van der Waals surface area contributed by atoms with E-state index in [9.17, 15) is 28.8 Å². The Bertz CT molecular complexity index is 1600. The van der Waals surface area contributed by atoms with Crippen LogP contribution >= 0.6 is 0 Å². The van der Waals surface area contributed by atoms with Gasteiger partial charge in [-0.1, -0.05) is 40.5 Å². The smallest absolute Gasteiger partial charge is 0.347 e. The lowest BCUT2D eigenvalue weighted by atomic mass is 9.83. The minimum Gasteiger partial charge on any atom is -0.347 e. The minimum absolute atomic E-state index is 0.00583. The molecule has 2 aliphatic carbocycles. The maximum atomic E-state index is 14.9. The van der Waals surface area contributed by atoms with Crippen LogP contribution in [0.2, 0.25) is 0 Å². The second-order valence-electron chi connectivity index (χ2n) is 15.4. The number of nitrogens with zero attached hydrogens (tertiary/aromatic N) is 5. The Morgan fingerprint density at radius 1 is 1.14 bits per heavy atom. The molecule has 3 unspecified atom stereocenters. The molecule has 1 aromatic heterocycles. The van der Waals surface area contributed by atoms with Crippen molar-refractivity contribution in [3.05, 3.63) is 29.1 Å². The average molecular weight is 678 g/mol. The van der Waals surface area contributed by atoms with Gasteiger partial charge in [0, 0.05) is 35.2 Å². The highest BCUT2D eigenvalue weighted by atomic mass is 16.5. The van der Waals surface area contributed by atoms with Gasteiger partial charge in [-0.25, -0.2) is 14.3 Å². The van der Waals surface area contributed by atoms with Gasteiger partial charge < -0.3 is 20.3 Å². The van der Waals surface area contributed by atoms with E-state index in [0.717, 1.165) is 32.1 Å². The van der Waals surface area contributed by atoms with E-state index in [-0.39, 0.29) is 46.4 Å². The van der Waals surface area contributed by atoms with Crippen molar-refractivity contribution in [2.45, 2.75) is 116 Å². The van der Waals surface area contributed by atoms with Crippen molar-refractivity contribution in [2.24, 2.45) is 23.2 Å². The summed E-state index contributed by atoms with van der Waals surface area (Å²) in [5, 5.41) is 5.59. The summed E-state index contributed by atoms with van der Waals surface area (Å²) in [6.45, 7) is 9.93. The third-order valence-corrected chi connectivity index (χ3v) is 10.7. The molecular formula is C35H47N7O7+2. The third-order valence-electron chi connectivity index (χ3n) is 10.7. The standard InChI is InChI=1S/C35H45N7O7/c1-6-8-24(28(43)32(46)39-21-11-12-21)40-31(45)27-22-10-7-9-20(22)17-41(27)33(47)29(35(3,4)5)42-18-26(42)49-19(2)23(34(42)48)15-38-30(44)25-16-36-13-14-37-25/h13-14,16,19-24,26-27,29H,6-12,17-18H2,1-5H3/p+2/t19-,20+,22+,23?,24+,26?,27+,29-,42?/m1/s1. The van der Waals surface area contributed by atoms with Crippen molar-refractivity contribution < 1.29 is 38.0 Å². The molecule has 4 heterocycles. The molecule has 5 fully saturated rings. The zero-order valence-electron chi connectivity index (χ0n) is 28.9. The van der Waals surface area contributed by atoms with E-state index in [1.807, 2.05) is 27.7 Å². The summed E-state index contributed by atoms with van der Waals surface area (Å²) in [6, 6.07) is -0.0207. The molecule has 262 valence electrons. The summed E-state index contributed by atoms with van der Waals surface area (Å²) in [5.41, 5.74) is -0.721. The number of quaternary nitrogens is 1. The number of hydrogen-bond acceptors (Lipinski definition) is 9. The highest BCUT2D eigenvalue weighted by molar-refractivity contribution is 6.38. The van der Waals surface area contributed by atoms with Crippen LogP contribution in [0.15, 0.2) is 18.6 Å². The first kappa shape index (κ1) is 34.8. The summed E-state index contributed by atoms with van der Waals surface area (Å²) < 4.78 is 5.97. The summed E-state index contributed by atoms with van der Waals surface area (Å²) in [5.74, 6) is -4.16. The van der Waals surface area contributed by atoms with Crippen molar-refractivity contribution in [2.75, 3.05) is 13.1 Å². The molecule has 0 spiro atoms. The zero-order chi connectivity index (χ0) is 35.2. The number of nitrogens with one attached hydrogen (secondary N) is 2. The number of Topliss-reactive ketones (excluding diaryl/α,β-unsaturated/α-hetero) is 1. The second kappa shape index (κ2) is 13.3. The van der Waals surface area contributed by atoms with E-state index < -0.39 is 65.3 Å². The number of carbonyl (C=O) groups excluding carboxylic acids is 6. The summed E-state index contributed by atoms with van der Waals surface area (Å²) >= 11 is 0. The number of carbonyl (C=O) groups is 6. The Morgan fingerprint density at radius 2 is 1.90 bits per heavy atom. The van der Waals surface area contributed by atoms with E-state index >= 15 is 0 Å². The fraction of sp³-hybridized carbons (Fsp3) is 0.686. The topological polar surface area (TPSA) is 169 Å². The van der Waals surface area contributed by atoms with Crippen molar-refractivity contribution in [3.63, 3.8) is 0 Å². The Kier molecular flexibility index (Phi) is 9.45. The maximum Gasteiger partial charge on any atom is 0.567 e. The molecular weight excluding hydrogens is 630 g/mol. The molecule has 3 saturated heterocycles. The Morgan fingerprint density at radius 3 is 2.55 bits per heavy atom. The van der Waals surface area contributed by atoms with Crippen LogP contribution in [0.5, 0.6) is 0 Å². The zero-order valence-corrected chi connectivity index (χ0v) is 28.9. The number of rotatable bonds is 10. The molecule has 14 nitrogen and oxygen atoms in total. The minimum atomic E-state index is -1.02. The number of hydrogen-bond donors (Lipinski definition) is 2. The molecule has 9 atom stereocenters. The number of amides is 5. The third kappa shape index (κ3) is 6.62. The van der Waals surface area contributed by atoms with Gasteiger partial charge in [-0.15, -0.1) is 0 Å². The molecule has 0 aromatic carbocycles. The molecule has 1 aromatic rings. The van der Waals surface area contributed by atoms with Crippen LogP contribution in [0.3, 0.4) is 0 Å². The number of ketones is 1.